The molecule has 1 aliphatic carbocycles. The summed E-state index contributed by atoms with van der Waals surface area (Å²) in [6.07, 6.45) is 7.54. The molecule has 2 aliphatic rings. The molecular weight excluding hydrogens is 254 g/mol. The molecule has 2 atom stereocenters. The van der Waals surface area contributed by atoms with Crippen molar-refractivity contribution >= 4 is 6.03 Å². The van der Waals surface area contributed by atoms with Gasteiger partial charge in [-0.25, -0.2) is 4.79 Å². The number of aliphatic hydroxyl groups excluding tert-OH is 1. The Morgan fingerprint density at radius 3 is 2.45 bits per heavy atom. The first kappa shape index (κ1) is 15.6. The van der Waals surface area contributed by atoms with Crippen LogP contribution in [0, 0.1) is 5.92 Å². The number of nitrogens with one attached hydrogen (secondary N) is 2. The van der Waals surface area contributed by atoms with Crippen LogP contribution in [0.2, 0.25) is 0 Å². The van der Waals surface area contributed by atoms with Gasteiger partial charge in [0.25, 0.3) is 0 Å². The third-order valence-electron chi connectivity index (χ3n) is 4.67. The Balaban J connectivity index is 1.88. The van der Waals surface area contributed by atoms with Gasteiger partial charge in [0.05, 0.1) is 12.1 Å². The van der Waals surface area contributed by atoms with E-state index in [-0.39, 0.29) is 12.1 Å². The average molecular weight is 283 g/mol. The number of urea groups is 1. The fraction of sp³-hybridized carbons (Fsp3) is 0.933. The maximum atomic E-state index is 12.3. The number of rotatable bonds is 5. The van der Waals surface area contributed by atoms with Crippen LogP contribution < -0.4 is 10.6 Å². The zero-order chi connectivity index (χ0) is 14.4. The molecule has 1 saturated carbocycles. The van der Waals surface area contributed by atoms with Crippen LogP contribution in [0.5, 0.6) is 0 Å². The summed E-state index contributed by atoms with van der Waals surface area (Å²) in [5.41, 5.74) is 0. The van der Waals surface area contributed by atoms with Gasteiger partial charge in [0.2, 0.25) is 0 Å². The van der Waals surface area contributed by atoms with Crippen molar-refractivity contribution in [3.05, 3.63) is 0 Å². The molecule has 5 nitrogen and oxygen atoms in total. The number of nitrogens with zero attached hydrogens (tertiary/aromatic N) is 1. The highest BCUT2D eigenvalue weighted by Gasteiger charge is 2.31. The van der Waals surface area contributed by atoms with Crippen molar-refractivity contribution in [1.82, 2.24) is 15.5 Å². The standard InChI is InChI=1S/C15H29N3O2/c1-16-11-13(14(19)12-7-3-4-8-12)17-15(20)18-9-5-2-6-10-18/h12-14,16,19H,2-11H2,1H3,(H,17,20). The quantitative estimate of drug-likeness (QED) is 0.713. The summed E-state index contributed by atoms with van der Waals surface area (Å²) in [5.74, 6) is 0.343. The molecule has 0 aromatic heterocycles. The number of carbonyl (C=O) groups excluding carboxylic acids is 1. The molecule has 0 radical (unpaired) electrons. The second-order valence-electron chi connectivity index (χ2n) is 6.20. The molecule has 1 aliphatic heterocycles. The third kappa shape index (κ3) is 4.09. The molecule has 2 amide bonds. The lowest BCUT2D eigenvalue weighted by molar-refractivity contribution is 0.0705. The highest BCUT2D eigenvalue weighted by Crippen LogP contribution is 2.29. The van der Waals surface area contributed by atoms with Gasteiger partial charge in [-0.2, -0.15) is 0 Å². The number of likely N-dealkylation sites (N-methyl/N-ethyl adjacent to an activating group) is 1. The summed E-state index contributed by atoms with van der Waals surface area (Å²) in [6, 6.07) is -0.195. The number of aliphatic hydroxyl groups is 1. The van der Waals surface area contributed by atoms with Crippen molar-refractivity contribution in [3.63, 3.8) is 0 Å². The van der Waals surface area contributed by atoms with Crippen LogP contribution in [0.1, 0.15) is 44.9 Å². The molecule has 0 aromatic rings. The summed E-state index contributed by atoms with van der Waals surface area (Å²) in [7, 11) is 1.86. The fourth-order valence-electron chi connectivity index (χ4n) is 3.45. The zero-order valence-corrected chi connectivity index (χ0v) is 12.6. The molecular formula is C15H29N3O2. The van der Waals surface area contributed by atoms with Crippen LogP contribution >= 0.6 is 0 Å². The largest absolute Gasteiger partial charge is 0.391 e. The van der Waals surface area contributed by atoms with Gasteiger partial charge < -0.3 is 20.6 Å². The Labute approximate surface area is 122 Å². The zero-order valence-electron chi connectivity index (χ0n) is 12.6. The average Bonchev–Trinajstić information content (AvgIpc) is 3.01. The Bertz CT molecular complexity index is 299. The molecule has 20 heavy (non-hydrogen) atoms. The first-order valence-corrected chi connectivity index (χ1v) is 8.10. The van der Waals surface area contributed by atoms with E-state index in [0.717, 1.165) is 38.8 Å². The van der Waals surface area contributed by atoms with E-state index < -0.39 is 6.10 Å². The molecule has 0 aromatic carbocycles. The maximum absolute atomic E-state index is 12.3. The summed E-state index contributed by atoms with van der Waals surface area (Å²) >= 11 is 0. The predicted molar refractivity (Wildman–Crippen MR) is 79.6 cm³/mol. The Morgan fingerprint density at radius 2 is 1.85 bits per heavy atom. The van der Waals surface area contributed by atoms with E-state index in [2.05, 4.69) is 10.6 Å². The molecule has 2 rings (SSSR count). The molecule has 1 saturated heterocycles. The van der Waals surface area contributed by atoms with Gasteiger partial charge in [-0.1, -0.05) is 12.8 Å². The van der Waals surface area contributed by atoms with E-state index in [1.807, 2.05) is 11.9 Å². The van der Waals surface area contributed by atoms with Crippen molar-refractivity contribution < 1.29 is 9.90 Å². The first-order chi connectivity index (χ1) is 9.72. The summed E-state index contributed by atoms with van der Waals surface area (Å²) in [5, 5.41) is 16.6. The van der Waals surface area contributed by atoms with E-state index in [1.165, 1.54) is 19.3 Å². The predicted octanol–water partition coefficient (Wildman–Crippen LogP) is 1.32. The van der Waals surface area contributed by atoms with Crippen LogP contribution in [0.4, 0.5) is 4.79 Å². The lowest BCUT2D eigenvalue weighted by Gasteiger charge is -2.32. The SMILES string of the molecule is CNCC(NC(=O)N1CCCCC1)C(O)C1CCCC1. The van der Waals surface area contributed by atoms with E-state index in [1.54, 1.807) is 0 Å². The van der Waals surface area contributed by atoms with Crippen molar-refractivity contribution in [2.24, 2.45) is 5.92 Å². The van der Waals surface area contributed by atoms with Gasteiger partial charge in [0, 0.05) is 19.6 Å². The second kappa shape index (κ2) is 7.84. The van der Waals surface area contributed by atoms with Crippen molar-refractivity contribution in [1.29, 1.82) is 0 Å². The topological polar surface area (TPSA) is 64.6 Å². The molecule has 5 heteroatoms. The van der Waals surface area contributed by atoms with Crippen LogP contribution in [0.3, 0.4) is 0 Å². The normalized spacial score (nSPS) is 23.6. The monoisotopic (exact) mass is 283 g/mol. The Hall–Kier alpha value is -0.810. The minimum Gasteiger partial charge on any atom is -0.391 e. The van der Waals surface area contributed by atoms with Crippen molar-refractivity contribution in [2.45, 2.75) is 57.1 Å². The lowest BCUT2D eigenvalue weighted by atomic mass is 9.94. The van der Waals surface area contributed by atoms with Gasteiger partial charge in [0.15, 0.2) is 0 Å². The van der Waals surface area contributed by atoms with E-state index in [9.17, 15) is 9.90 Å². The highest BCUT2D eigenvalue weighted by atomic mass is 16.3. The molecule has 2 fully saturated rings. The van der Waals surface area contributed by atoms with E-state index in [4.69, 9.17) is 0 Å². The smallest absolute Gasteiger partial charge is 0.317 e. The first-order valence-electron chi connectivity index (χ1n) is 8.10. The number of hydrogen-bond acceptors (Lipinski definition) is 3. The molecule has 0 bridgehead atoms. The molecule has 116 valence electrons. The number of likely N-dealkylation sites (tertiary alicyclic amines) is 1. The fourth-order valence-corrected chi connectivity index (χ4v) is 3.45. The van der Waals surface area contributed by atoms with Crippen LogP contribution in [0.15, 0.2) is 0 Å². The summed E-state index contributed by atoms with van der Waals surface area (Å²) in [4.78, 5) is 14.2. The van der Waals surface area contributed by atoms with Crippen molar-refractivity contribution in [3.8, 4) is 0 Å². The van der Waals surface area contributed by atoms with Gasteiger partial charge >= 0.3 is 6.03 Å². The molecule has 3 N–H and O–H groups in total. The minimum atomic E-state index is -0.432. The van der Waals surface area contributed by atoms with Gasteiger partial charge in [-0.05, 0) is 45.1 Å². The number of carbonyl (C=O) groups is 1. The minimum absolute atomic E-state index is 0.0120. The van der Waals surface area contributed by atoms with Crippen molar-refractivity contribution in [2.75, 3.05) is 26.7 Å². The van der Waals surface area contributed by atoms with E-state index >= 15 is 0 Å². The van der Waals surface area contributed by atoms with Gasteiger partial charge in [0.1, 0.15) is 0 Å². The Kier molecular flexibility index (Phi) is 6.10. The molecule has 0 spiro atoms. The molecule has 2 unspecified atom stereocenters. The van der Waals surface area contributed by atoms with Gasteiger partial charge in [-0.3, -0.25) is 0 Å². The van der Waals surface area contributed by atoms with Crippen LogP contribution in [-0.2, 0) is 0 Å². The number of hydrogen-bond donors (Lipinski definition) is 3. The Morgan fingerprint density at radius 1 is 1.20 bits per heavy atom. The number of amides is 2. The highest BCUT2D eigenvalue weighted by molar-refractivity contribution is 5.74. The third-order valence-corrected chi connectivity index (χ3v) is 4.67. The van der Waals surface area contributed by atoms with Crippen LogP contribution in [-0.4, -0.2) is 54.9 Å². The summed E-state index contributed by atoms with van der Waals surface area (Å²) in [6.45, 7) is 2.31. The summed E-state index contributed by atoms with van der Waals surface area (Å²) < 4.78 is 0. The lowest BCUT2D eigenvalue weighted by Crippen LogP contribution is -2.55. The molecule has 1 heterocycles. The second-order valence-corrected chi connectivity index (χ2v) is 6.20. The van der Waals surface area contributed by atoms with Gasteiger partial charge in [-0.15, -0.1) is 0 Å². The maximum Gasteiger partial charge on any atom is 0.317 e. The van der Waals surface area contributed by atoms with E-state index in [0.29, 0.717) is 12.5 Å². The number of piperidine rings is 1. The van der Waals surface area contributed by atoms with Crippen LogP contribution in [0.25, 0.3) is 0 Å².